The molecular formula is C20H20ClN3O3S. The predicted octanol–water partition coefficient (Wildman–Crippen LogP) is 3.38. The van der Waals surface area contributed by atoms with Gasteiger partial charge in [0.1, 0.15) is 0 Å². The van der Waals surface area contributed by atoms with Crippen LogP contribution in [0.1, 0.15) is 15.2 Å². The van der Waals surface area contributed by atoms with Gasteiger partial charge in [-0.25, -0.2) is 4.79 Å². The van der Waals surface area contributed by atoms with Gasteiger partial charge < -0.3 is 14.6 Å². The minimum atomic E-state index is -0.487. The molecule has 1 aliphatic rings. The van der Waals surface area contributed by atoms with Crippen molar-refractivity contribution in [2.24, 2.45) is 0 Å². The number of nitrogens with zero attached hydrogens (tertiary/aromatic N) is 2. The van der Waals surface area contributed by atoms with E-state index in [0.29, 0.717) is 18.7 Å². The zero-order chi connectivity index (χ0) is 19.5. The number of amides is 1. The van der Waals surface area contributed by atoms with Gasteiger partial charge in [-0.3, -0.25) is 9.69 Å². The van der Waals surface area contributed by atoms with Crippen molar-refractivity contribution in [1.29, 1.82) is 0 Å². The van der Waals surface area contributed by atoms with E-state index in [0.717, 1.165) is 34.9 Å². The highest BCUT2D eigenvalue weighted by Crippen LogP contribution is 2.23. The fourth-order valence-corrected chi connectivity index (χ4v) is 4.48. The molecule has 1 N–H and O–H groups in total. The van der Waals surface area contributed by atoms with Crippen molar-refractivity contribution in [2.45, 2.75) is 6.54 Å². The first-order chi connectivity index (χ1) is 13.6. The molecule has 3 aromatic rings. The van der Waals surface area contributed by atoms with Gasteiger partial charge in [-0.15, -0.1) is 11.3 Å². The van der Waals surface area contributed by atoms with Gasteiger partial charge in [-0.05, 0) is 18.2 Å². The van der Waals surface area contributed by atoms with Crippen LogP contribution in [0.4, 0.5) is 0 Å². The number of fused-ring (bicyclic) bond motifs is 1. The summed E-state index contributed by atoms with van der Waals surface area (Å²) in [6, 6.07) is 11.4. The molecule has 0 saturated carbocycles. The molecule has 0 spiro atoms. The van der Waals surface area contributed by atoms with E-state index < -0.39 is 5.97 Å². The Labute approximate surface area is 171 Å². The zero-order valence-electron chi connectivity index (χ0n) is 15.2. The Bertz CT molecular complexity index is 991. The molecule has 0 unspecified atom stereocenters. The zero-order valence-corrected chi connectivity index (χ0v) is 16.8. The molecule has 28 heavy (non-hydrogen) atoms. The largest absolute Gasteiger partial charge is 0.452 e. The number of nitrogens with one attached hydrogen (secondary N) is 1. The lowest BCUT2D eigenvalue weighted by molar-refractivity contribution is -0.136. The van der Waals surface area contributed by atoms with Crippen LogP contribution in [0.3, 0.4) is 0 Å². The van der Waals surface area contributed by atoms with Crippen LogP contribution in [-0.4, -0.2) is 59.4 Å². The van der Waals surface area contributed by atoms with Crippen LogP contribution < -0.4 is 0 Å². The molecule has 1 amide bonds. The smallest absolute Gasteiger partial charge is 0.340 e. The number of benzene rings is 1. The number of rotatable bonds is 5. The molecule has 1 aromatic carbocycles. The maximum Gasteiger partial charge on any atom is 0.340 e. The lowest BCUT2D eigenvalue weighted by Gasteiger charge is -2.34. The van der Waals surface area contributed by atoms with Crippen molar-refractivity contribution in [1.82, 2.24) is 14.8 Å². The molecule has 0 radical (unpaired) electrons. The molecule has 1 aliphatic heterocycles. The number of thiophene rings is 1. The Morgan fingerprint density at radius 2 is 1.89 bits per heavy atom. The molecule has 1 fully saturated rings. The summed E-state index contributed by atoms with van der Waals surface area (Å²) in [5.41, 5.74) is 1.31. The number of hydrogen-bond acceptors (Lipinski definition) is 5. The van der Waals surface area contributed by atoms with Crippen molar-refractivity contribution in [3.63, 3.8) is 0 Å². The second-order valence-electron chi connectivity index (χ2n) is 6.69. The van der Waals surface area contributed by atoms with Crippen LogP contribution in [0.15, 0.2) is 42.6 Å². The minimum absolute atomic E-state index is 0.160. The molecule has 1 saturated heterocycles. The van der Waals surface area contributed by atoms with E-state index >= 15 is 0 Å². The molecule has 0 aliphatic carbocycles. The molecular weight excluding hydrogens is 398 g/mol. The highest BCUT2D eigenvalue weighted by atomic mass is 35.5. The third-order valence-corrected chi connectivity index (χ3v) is 6.09. The number of aromatic nitrogens is 1. The Balaban J connectivity index is 1.26. The molecule has 2 aromatic heterocycles. The van der Waals surface area contributed by atoms with Gasteiger partial charge in [-0.1, -0.05) is 29.8 Å². The number of ether oxygens (including phenoxy) is 1. The van der Waals surface area contributed by atoms with Crippen LogP contribution in [0, 0.1) is 0 Å². The maximum atomic E-state index is 12.4. The van der Waals surface area contributed by atoms with E-state index in [1.54, 1.807) is 22.4 Å². The van der Waals surface area contributed by atoms with Gasteiger partial charge in [0.15, 0.2) is 6.61 Å². The number of carbonyl (C=O) groups is 2. The molecule has 8 heteroatoms. The molecule has 4 rings (SSSR count). The van der Waals surface area contributed by atoms with E-state index in [1.807, 2.05) is 36.4 Å². The number of halogens is 1. The monoisotopic (exact) mass is 417 g/mol. The Morgan fingerprint density at radius 3 is 2.64 bits per heavy atom. The fourth-order valence-electron chi connectivity index (χ4n) is 3.35. The minimum Gasteiger partial charge on any atom is -0.452 e. The Kier molecular flexibility index (Phi) is 5.66. The van der Waals surface area contributed by atoms with Crippen molar-refractivity contribution in [3.05, 3.63) is 57.4 Å². The van der Waals surface area contributed by atoms with Crippen LogP contribution in [0.2, 0.25) is 4.34 Å². The third-order valence-electron chi connectivity index (χ3n) is 4.87. The van der Waals surface area contributed by atoms with E-state index in [2.05, 4.69) is 9.88 Å². The highest BCUT2D eigenvalue weighted by molar-refractivity contribution is 7.16. The van der Waals surface area contributed by atoms with Crippen molar-refractivity contribution in [2.75, 3.05) is 32.8 Å². The Hall–Kier alpha value is -2.35. The number of H-pyrrole nitrogens is 1. The third kappa shape index (κ3) is 4.22. The Morgan fingerprint density at radius 1 is 1.11 bits per heavy atom. The van der Waals surface area contributed by atoms with E-state index in [9.17, 15) is 9.59 Å². The number of piperazine rings is 1. The van der Waals surface area contributed by atoms with Crippen LogP contribution in [0.25, 0.3) is 10.9 Å². The van der Waals surface area contributed by atoms with E-state index in [4.69, 9.17) is 16.3 Å². The quantitative estimate of drug-likeness (QED) is 0.646. The number of esters is 1. The van der Waals surface area contributed by atoms with Crippen molar-refractivity contribution in [3.8, 4) is 0 Å². The maximum absolute atomic E-state index is 12.4. The lowest BCUT2D eigenvalue weighted by Crippen LogP contribution is -2.49. The van der Waals surface area contributed by atoms with Crippen LogP contribution in [-0.2, 0) is 16.1 Å². The van der Waals surface area contributed by atoms with Gasteiger partial charge in [0, 0.05) is 54.7 Å². The second kappa shape index (κ2) is 8.34. The van der Waals surface area contributed by atoms with E-state index in [1.165, 1.54) is 4.88 Å². The number of carbonyl (C=O) groups excluding carboxylic acids is 2. The molecule has 0 bridgehead atoms. The summed E-state index contributed by atoms with van der Waals surface area (Å²) in [5, 5.41) is 0.794. The van der Waals surface area contributed by atoms with E-state index in [-0.39, 0.29) is 12.5 Å². The SMILES string of the molecule is O=C(OCC(=O)N1CCN(Cc2ccc(Cl)s2)CC1)c1c[nH]c2ccccc12. The summed E-state index contributed by atoms with van der Waals surface area (Å²) < 4.78 is 6.05. The van der Waals surface area contributed by atoms with Crippen LogP contribution in [0.5, 0.6) is 0 Å². The normalized spacial score (nSPS) is 15.1. The first-order valence-corrected chi connectivity index (χ1v) is 10.3. The number of aromatic amines is 1. The van der Waals surface area contributed by atoms with Crippen LogP contribution >= 0.6 is 22.9 Å². The van der Waals surface area contributed by atoms with Gasteiger partial charge in [-0.2, -0.15) is 0 Å². The predicted molar refractivity (Wildman–Crippen MR) is 110 cm³/mol. The van der Waals surface area contributed by atoms with Gasteiger partial charge in [0.05, 0.1) is 9.90 Å². The van der Waals surface area contributed by atoms with Crippen molar-refractivity contribution < 1.29 is 14.3 Å². The average molecular weight is 418 g/mol. The van der Waals surface area contributed by atoms with Gasteiger partial charge in [0.2, 0.25) is 0 Å². The number of para-hydroxylation sites is 1. The summed E-state index contributed by atoms with van der Waals surface area (Å²) in [4.78, 5) is 33.0. The number of hydrogen-bond donors (Lipinski definition) is 1. The molecule has 0 atom stereocenters. The topological polar surface area (TPSA) is 65.6 Å². The van der Waals surface area contributed by atoms with Gasteiger partial charge >= 0.3 is 5.97 Å². The highest BCUT2D eigenvalue weighted by Gasteiger charge is 2.23. The summed E-state index contributed by atoms with van der Waals surface area (Å²) in [7, 11) is 0. The molecule has 3 heterocycles. The van der Waals surface area contributed by atoms with Gasteiger partial charge in [0.25, 0.3) is 5.91 Å². The molecule has 6 nitrogen and oxygen atoms in total. The first kappa shape index (κ1) is 19.0. The summed E-state index contributed by atoms with van der Waals surface area (Å²) in [6.07, 6.45) is 1.62. The fraction of sp³-hybridized carbons (Fsp3) is 0.300. The van der Waals surface area contributed by atoms with Crippen molar-refractivity contribution >= 4 is 45.7 Å². The molecule has 146 valence electrons. The average Bonchev–Trinajstić information content (AvgIpc) is 3.32. The lowest BCUT2D eigenvalue weighted by atomic mass is 10.2. The standard InChI is InChI=1S/C20H20ClN3O3S/c21-18-6-5-14(28-18)12-23-7-9-24(10-8-23)19(25)13-27-20(26)16-11-22-17-4-2-1-3-15(16)17/h1-6,11,22H,7-10,12-13H2. The summed E-state index contributed by atoms with van der Waals surface area (Å²) in [6.45, 7) is 3.44. The second-order valence-corrected chi connectivity index (χ2v) is 8.49. The summed E-state index contributed by atoms with van der Waals surface area (Å²) >= 11 is 7.56. The first-order valence-electron chi connectivity index (χ1n) is 9.08. The summed E-state index contributed by atoms with van der Waals surface area (Å²) in [5.74, 6) is -0.647.